The summed E-state index contributed by atoms with van der Waals surface area (Å²) in [5.74, 6) is 0.562. The van der Waals surface area contributed by atoms with E-state index in [1.807, 2.05) is 0 Å². The van der Waals surface area contributed by atoms with Gasteiger partial charge in [0.05, 0.1) is 23.2 Å². The second-order valence-electron chi connectivity index (χ2n) is 6.11. The van der Waals surface area contributed by atoms with Crippen LogP contribution in [0.15, 0.2) is 0 Å². The second kappa shape index (κ2) is 5.10. The first-order chi connectivity index (χ1) is 9.15. The highest BCUT2D eigenvalue weighted by Crippen LogP contribution is 2.43. The molecule has 106 valence electrons. The molecule has 19 heavy (non-hydrogen) atoms. The number of rotatable bonds is 2. The third kappa shape index (κ3) is 2.31. The molecule has 1 saturated carbocycles. The molecule has 4 heteroatoms. The van der Waals surface area contributed by atoms with Crippen LogP contribution in [-0.2, 0) is 10.6 Å². The highest BCUT2D eigenvalue weighted by Gasteiger charge is 2.41. The molecule has 2 aliphatic rings. The first-order valence-electron chi connectivity index (χ1n) is 7.40. The van der Waals surface area contributed by atoms with Crippen LogP contribution < -0.4 is 0 Å². The van der Waals surface area contributed by atoms with Crippen LogP contribution in [0.4, 0.5) is 0 Å². The van der Waals surface area contributed by atoms with Gasteiger partial charge < -0.3 is 4.74 Å². The SMILES string of the molecule is Cc1nn(C2CCOC3(CCCC3)C2)c(C)c1CCl. The van der Waals surface area contributed by atoms with Crippen LogP contribution in [0.2, 0.25) is 0 Å². The van der Waals surface area contributed by atoms with E-state index in [1.165, 1.54) is 36.9 Å². The molecule has 1 atom stereocenters. The average Bonchev–Trinajstić information content (AvgIpc) is 2.95. The average molecular weight is 283 g/mol. The Hall–Kier alpha value is -0.540. The maximum absolute atomic E-state index is 6.11. The maximum atomic E-state index is 6.11. The van der Waals surface area contributed by atoms with E-state index < -0.39 is 0 Å². The Balaban J connectivity index is 1.85. The number of hydrogen-bond donors (Lipinski definition) is 0. The number of hydrogen-bond acceptors (Lipinski definition) is 2. The Morgan fingerprint density at radius 3 is 2.74 bits per heavy atom. The van der Waals surface area contributed by atoms with Gasteiger partial charge in [-0.25, -0.2) is 0 Å². The number of ether oxygens (including phenoxy) is 1. The highest BCUT2D eigenvalue weighted by molar-refractivity contribution is 6.17. The molecule has 1 aromatic heterocycles. The van der Waals surface area contributed by atoms with Crippen LogP contribution in [0.3, 0.4) is 0 Å². The van der Waals surface area contributed by atoms with E-state index in [4.69, 9.17) is 21.4 Å². The van der Waals surface area contributed by atoms with Crippen molar-refractivity contribution in [1.29, 1.82) is 0 Å². The predicted octanol–water partition coefficient (Wildman–Crippen LogP) is 3.90. The summed E-state index contributed by atoms with van der Waals surface area (Å²) in [6.07, 6.45) is 7.28. The Morgan fingerprint density at radius 1 is 1.37 bits per heavy atom. The lowest BCUT2D eigenvalue weighted by Crippen LogP contribution is -2.38. The first kappa shape index (κ1) is 13.4. The zero-order valence-electron chi connectivity index (χ0n) is 11.9. The van der Waals surface area contributed by atoms with Gasteiger partial charge in [-0.2, -0.15) is 5.10 Å². The standard InChI is InChI=1S/C15H23ClN2O/c1-11-14(10-16)12(2)18(17-11)13-5-8-19-15(9-13)6-3-4-7-15/h13H,3-10H2,1-2H3. The van der Waals surface area contributed by atoms with Crippen LogP contribution >= 0.6 is 11.6 Å². The molecule has 0 bridgehead atoms. The van der Waals surface area contributed by atoms with Gasteiger partial charge in [-0.05, 0) is 39.5 Å². The van der Waals surface area contributed by atoms with Crippen LogP contribution in [0, 0.1) is 13.8 Å². The summed E-state index contributed by atoms with van der Waals surface area (Å²) in [4.78, 5) is 0. The number of halogens is 1. The zero-order valence-corrected chi connectivity index (χ0v) is 12.7. The highest BCUT2D eigenvalue weighted by atomic mass is 35.5. The number of aromatic nitrogens is 2. The number of aryl methyl sites for hydroxylation is 1. The van der Waals surface area contributed by atoms with Crippen LogP contribution in [0.25, 0.3) is 0 Å². The minimum absolute atomic E-state index is 0.149. The van der Waals surface area contributed by atoms with Crippen LogP contribution in [-0.4, -0.2) is 22.0 Å². The van der Waals surface area contributed by atoms with Gasteiger partial charge in [-0.1, -0.05) is 12.8 Å². The van der Waals surface area contributed by atoms with E-state index in [0.717, 1.165) is 25.1 Å². The van der Waals surface area contributed by atoms with Gasteiger partial charge >= 0.3 is 0 Å². The molecule has 0 N–H and O–H groups in total. The molecule has 3 nitrogen and oxygen atoms in total. The third-order valence-corrected chi connectivity index (χ3v) is 5.20. The molecule has 1 aliphatic heterocycles. The Kier molecular flexibility index (Phi) is 3.61. The van der Waals surface area contributed by atoms with Crippen molar-refractivity contribution in [3.8, 4) is 0 Å². The molecule has 1 saturated heterocycles. The molecule has 3 rings (SSSR count). The van der Waals surface area contributed by atoms with Gasteiger partial charge in [-0.3, -0.25) is 4.68 Å². The van der Waals surface area contributed by atoms with Gasteiger partial charge in [0.25, 0.3) is 0 Å². The second-order valence-corrected chi connectivity index (χ2v) is 6.38. The summed E-state index contributed by atoms with van der Waals surface area (Å²) in [5.41, 5.74) is 3.68. The summed E-state index contributed by atoms with van der Waals surface area (Å²) in [6, 6.07) is 0.488. The van der Waals surface area contributed by atoms with Crippen molar-refractivity contribution in [3.05, 3.63) is 17.0 Å². The Bertz CT molecular complexity index is 463. The van der Waals surface area contributed by atoms with E-state index in [9.17, 15) is 0 Å². The molecule has 0 amide bonds. The van der Waals surface area contributed by atoms with Crippen molar-refractivity contribution in [3.63, 3.8) is 0 Å². The molecular formula is C15H23ClN2O. The summed E-state index contributed by atoms with van der Waals surface area (Å²) >= 11 is 6.03. The summed E-state index contributed by atoms with van der Waals surface area (Å²) in [7, 11) is 0. The number of alkyl halides is 1. The molecule has 2 fully saturated rings. The van der Waals surface area contributed by atoms with Crippen LogP contribution in [0.1, 0.15) is 61.5 Å². The van der Waals surface area contributed by atoms with Crippen molar-refractivity contribution in [2.75, 3.05) is 6.61 Å². The zero-order chi connectivity index (χ0) is 13.5. The molecule has 0 radical (unpaired) electrons. The summed E-state index contributed by atoms with van der Waals surface area (Å²) in [5, 5.41) is 4.74. The third-order valence-electron chi connectivity index (χ3n) is 4.94. The number of nitrogens with zero attached hydrogens (tertiary/aromatic N) is 2. The topological polar surface area (TPSA) is 27.1 Å². The summed E-state index contributed by atoms with van der Waals surface area (Å²) < 4.78 is 8.33. The lowest BCUT2D eigenvalue weighted by Gasteiger charge is -2.38. The fourth-order valence-electron chi connectivity index (χ4n) is 3.82. The van der Waals surface area contributed by atoms with Crippen molar-refractivity contribution in [1.82, 2.24) is 9.78 Å². The van der Waals surface area contributed by atoms with Gasteiger partial charge in [0.15, 0.2) is 0 Å². The van der Waals surface area contributed by atoms with Gasteiger partial charge in [0, 0.05) is 17.9 Å². The molecule has 1 aliphatic carbocycles. The molecule has 2 heterocycles. The van der Waals surface area contributed by atoms with E-state index in [-0.39, 0.29) is 5.60 Å². The minimum Gasteiger partial charge on any atom is -0.375 e. The minimum atomic E-state index is 0.149. The molecule has 0 aromatic carbocycles. The first-order valence-corrected chi connectivity index (χ1v) is 7.93. The van der Waals surface area contributed by atoms with Gasteiger partial charge in [-0.15, -0.1) is 11.6 Å². The molecular weight excluding hydrogens is 260 g/mol. The van der Waals surface area contributed by atoms with E-state index in [0.29, 0.717) is 11.9 Å². The van der Waals surface area contributed by atoms with Crippen molar-refractivity contribution < 1.29 is 4.74 Å². The van der Waals surface area contributed by atoms with E-state index in [2.05, 4.69) is 18.5 Å². The predicted molar refractivity (Wildman–Crippen MR) is 76.7 cm³/mol. The monoisotopic (exact) mass is 282 g/mol. The van der Waals surface area contributed by atoms with Crippen molar-refractivity contribution in [2.24, 2.45) is 0 Å². The van der Waals surface area contributed by atoms with Crippen molar-refractivity contribution in [2.45, 2.75) is 69.9 Å². The lowest BCUT2D eigenvalue weighted by atomic mass is 9.89. The molecule has 1 unspecified atom stereocenters. The Morgan fingerprint density at radius 2 is 2.11 bits per heavy atom. The Labute approximate surface area is 120 Å². The lowest BCUT2D eigenvalue weighted by molar-refractivity contribution is -0.0912. The fourth-order valence-corrected chi connectivity index (χ4v) is 4.21. The summed E-state index contributed by atoms with van der Waals surface area (Å²) in [6.45, 7) is 5.08. The van der Waals surface area contributed by atoms with Gasteiger partial charge in [0.2, 0.25) is 0 Å². The quantitative estimate of drug-likeness (QED) is 0.769. The van der Waals surface area contributed by atoms with Gasteiger partial charge in [0.1, 0.15) is 0 Å². The van der Waals surface area contributed by atoms with E-state index in [1.54, 1.807) is 0 Å². The normalized spacial score (nSPS) is 26.2. The fraction of sp³-hybridized carbons (Fsp3) is 0.800. The smallest absolute Gasteiger partial charge is 0.0703 e. The largest absolute Gasteiger partial charge is 0.375 e. The van der Waals surface area contributed by atoms with Crippen LogP contribution in [0.5, 0.6) is 0 Å². The van der Waals surface area contributed by atoms with E-state index >= 15 is 0 Å². The molecule has 1 spiro atoms. The molecule has 1 aromatic rings. The van der Waals surface area contributed by atoms with Crippen molar-refractivity contribution >= 4 is 11.6 Å². The maximum Gasteiger partial charge on any atom is 0.0703 e.